The first-order valence-corrected chi connectivity index (χ1v) is 9.93. The second-order valence-corrected chi connectivity index (χ2v) is 8.19. The Morgan fingerprint density at radius 2 is 1.92 bits per heavy atom. The van der Waals surface area contributed by atoms with Crippen molar-refractivity contribution in [1.29, 1.82) is 0 Å². The minimum atomic E-state index is 0.436. The third-order valence-electron chi connectivity index (χ3n) is 6.14. The average Bonchev–Trinajstić information content (AvgIpc) is 3.12. The zero-order valence-corrected chi connectivity index (χ0v) is 15.3. The molecule has 2 aromatic rings. The van der Waals surface area contributed by atoms with Gasteiger partial charge < -0.3 is 9.80 Å². The van der Waals surface area contributed by atoms with Crippen LogP contribution in [0.15, 0.2) is 24.4 Å². The van der Waals surface area contributed by atoms with E-state index in [9.17, 15) is 0 Å². The molecule has 5 nitrogen and oxygen atoms in total. The topological polar surface area (TPSA) is 27.0 Å². The van der Waals surface area contributed by atoms with Gasteiger partial charge in [-0.05, 0) is 50.8 Å². The maximum absolute atomic E-state index is 5.05. The highest BCUT2D eigenvalue weighted by Gasteiger charge is 2.33. The van der Waals surface area contributed by atoms with Gasteiger partial charge in [-0.3, -0.25) is 9.30 Å². The van der Waals surface area contributed by atoms with E-state index in [0.29, 0.717) is 6.04 Å². The third kappa shape index (κ3) is 3.04. The van der Waals surface area contributed by atoms with Crippen LogP contribution in [0.3, 0.4) is 0 Å². The lowest BCUT2D eigenvalue weighted by molar-refractivity contribution is 0.0836. The number of pyridine rings is 1. The lowest BCUT2D eigenvalue weighted by Crippen LogP contribution is -2.47. The summed E-state index contributed by atoms with van der Waals surface area (Å²) in [5.74, 6) is 2.25. The van der Waals surface area contributed by atoms with Crippen LogP contribution >= 0.6 is 0 Å². The zero-order valence-electron chi connectivity index (χ0n) is 15.3. The number of nitrogens with zero attached hydrogens (tertiary/aromatic N) is 5. The van der Waals surface area contributed by atoms with Crippen molar-refractivity contribution in [3.05, 3.63) is 30.1 Å². The molecule has 5 rings (SSSR count). The minimum Gasteiger partial charge on any atom is -0.358 e. The van der Waals surface area contributed by atoms with Gasteiger partial charge in [0.05, 0.1) is 11.7 Å². The molecule has 0 bridgehead atoms. The lowest BCUT2D eigenvalue weighted by atomic mass is 10.1. The van der Waals surface area contributed by atoms with Crippen molar-refractivity contribution in [1.82, 2.24) is 19.2 Å². The predicted molar refractivity (Wildman–Crippen MR) is 101 cm³/mol. The number of hydrogen-bond donors (Lipinski definition) is 0. The number of likely N-dealkylation sites (N-methyl/N-ethyl adjacent to an activating group) is 1. The van der Waals surface area contributed by atoms with Crippen LogP contribution in [0.1, 0.15) is 37.4 Å². The largest absolute Gasteiger partial charge is 0.358 e. The quantitative estimate of drug-likeness (QED) is 0.856. The van der Waals surface area contributed by atoms with Crippen molar-refractivity contribution in [2.24, 2.45) is 5.92 Å². The Balaban J connectivity index is 1.49. The van der Waals surface area contributed by atoms with E-state index in [4.69, 9.17) is 4.98 Å². The maximum atomic E-state index is 5.05. The van der Waals surface area contributed by atoms with Gasteiger partial charge in [-0.1, -0.05) is 6.07 Å². The Morgan fingerprint density at radius 3 is 2.72 bits per heavy atom. The Morgan fingerprint density at radius 1 is 1.08 bits per heavy atom. The van der Waals surface area contributed by atoms with Gasteiger partial charge in [-0.2, -0.15) is 0 Å². The Labute approximate surface area is 150 Å². The Hall–Kier alpha value is -1.59. The molecule has 0 amide bonds. The van der Waals surface area contributed by atoms with Gasteiger partial charge in [0.2, 0.25) is 0 Å². The van der Waals surface area contributed by atoms with E-state index >= 15 is 0 Å². The van der Waals surface area contributed by atoms with E-state index in [-0.39, 0.29) is 0 Å². The second kappa shape index (κ2) is 6.29. The van der Waals surface area contributed by atoms with E-state index < -0.39 is 0 Å². The summed E-state index contributed by atoms with van der Waals surface area (Å²) in [5.41, 5.74) is 2.35. The number of imidazole rings is 1. The number of hydrogen-bond acceptors (Lipinski definition) is 4. The third-order valence-corrected chi connectivity index (χ3v) is 6.14. The SMILES string of the molecule is CN1CCN(CC2CC2)[C@H](c2cn3c(N4CCCC4)cccc3n2)C1. The normalized spacial score (nSPS) is 26.0. The van der Waals surface area contributed by atoms with Crippen molar-refractivity contribution in [2.45, 2.75) is 31.7 Å². The molecule has 134 valence electrons. The summed E-state index contributed by atoms with van der Waals surface area (Å²) in [4.78, 5) is 12.7. The summed E-state index contributed by atoms with van der Waals surface area (Å²) in [5, 5.41) is 0. The van der Waals surface area contributed by atoms with E-state index in [2.05, 4.69) is 50.5 Å². The van der Waals surface area contributed by atoms with Gasteiger partial charge in [-0.15, -0.1) is 0 Å². The standard InChI is InChI=1S/C20H29N5/c1-22-11-12-24(13-16-7-8-16)18(15-22)17-14-25-19(21-17)5-4-6-20(25)23-9-2-3-10-23/h4-6,14,16,18H,2-3,7-13,15H2,1H3/t18-/m0/s1. The monoisotopic (exact) mass is 339 g/mol. The molecule has 0 radical (unpaired) electrons. The molecule has 2 saturated heterocycles. The minimum absolute atomic E-state index is 0.436. The van der Waals surface area contributed by atoms with Gasteiger partial charge in [-0.25, -0.2) is 4.98 Å². The number of anilines is 1. The van der Waals surface area contributed by atoms with Crippen LogP contribution in [-0.4, -0.2) is 65.5 Å². The van der Waals surface area contributed by atoms with E-state index in [1.54, 1.807) is 0 Å². The molecule has 4 heterocycles. The average molecular weight is 339 g/mol. The van der Waals surface area contributed by atoms with Crippen LogP contribution in [0.4, 0.5) is 5.82 Å². The molecule has 2 aliphatic heterocycles. The van der Waals surface area contributed by atoms with Crippen LogP contribution in [0, 0.1) is 5.92 Å². The molecule has 0 spiro atoms. The van der Waals surface area contributed by atoms with Crippen LogP contribution < -0.4 is 4.90 Å². The summed E-state index contributed by atoms with van der Waals surface area (Å²) < 4.78 is 2.32. The molecule has 1 atom stereocenters. The van der Waals surface area contributed by atoms with Gasteiger partial charge in [0.1, 0.15) is 11.5 Å². The van der Waals surface area contributed by atoms with Crippen LogP contribution in [0.25, 0.3) is 5.65 Å². The molecule has 3 aliphatic rings. The summed E-state index contributed by atoms with van der Waals surface area (Å²) in [6.07, 6.45) is 7.76. The zero-order chi connectivity index (χ0) is 16.8. The Bertz CT molecular complexity index is 744. The number of fused-ring (bicyclic) bond motifs is 1. The van der Waals surface area contributed by atoms with Crippen molar-refractivity contribution in [3.63, 3.8) is 0 Å². The lowest BCUT2D eigenvalue weighted by Gasteiger charge is -2.39. The second-order valence-electron chi connectivity index (χ2n) is 8.19. The molecule has 0 aromatic carbocycles. The van der Waals surface area contributed by atoms with Gasteiger partial charge in [0.25, 0.3) is 0 Å². The fourth-order valence-corrected chi connectivity index (χ4v) is 4.47. The fraction of sp³-hybridized carbons (Fsp3) is 0.650. The van der Waals surface area contributed by atoms with Crippen LogP contribution in [0.2, 0.25) is 0 Å². The first-order valence-electron chi connectivity index (χ1n) is 9.93. The van der Waals surface area contributed by atoms with Crippen molar-refractivity contribution in [3.8, 4) is 0 Å². The molecular formula is C20H29N5. The van der Waals surface area contributed by atoms with Gasteiger partial charge >= 0.3 is 0 Å². The summed E-state index contributed by atoms with van der Waals surface area (Å²) in [6.45, 7) is 7.04. The maximum Gasteiger partial charge on any atom is 0.138 e. The molecule has 1 saturated carbocycles. The smallest absolute Gasteiger partial charge is 0.138 e. The predicted octanol–water partition coefficient (Wildman–Crippen LogP) is 2.63. The summed E-state index contributed by atoms with van der Waals surface area (Å²) >= 11 is 0. The molecule has 2 aromatic heterocycles. The molecular weight excluding hydrogens is 310 g/mol. The highest BCUT2D eigenvalue weighted by molar-refractivity contribution is 5.53. The molecule has 25 heavy (non-hydrogen) atoms. The van der Waals surface area contributed by atoms with E-state index in [1.807, 2.05) is 0 Å². The number of aromatic nitrogens is 2. The Kier molecular flexibility index (Phi) is 3.94. The fourth-order valence-electron chi connectivity index (χ4n) is 4.47. The van der Waals surface area contributed by atoms with Gasteiger partial charge in [0, 0.05) is 45.5 Å². The number of piperazine rings is 1. The van der Waals surface area contributed by atoms with Crippen LogP contribution in [-0.2, 0) is 0 Å². The molecule has 1 aliphatic carbocycles. The van der Waals surface area contributed by atoms with Crippen LogP contribution in [0.5, 0.6) is 0 Å². The highest BCUT2D eigenvalue weighted by atomic mass is 15.3. The van der Waals surface area contributed by atoms with Crippen molar-refractivity contribution >= 4 is 11.5 Å². The van der Waals surface area contributed by atoms with E-state index in [1.165, 1.54) is 69.9 Å². The summed E-state index contributed by atoms with van der Waals surface area (Å²) in [7, 11) is 2.24. The van der Waals surface area contributed by atoms with Crippen molar-refractivity contribution in [2.75, 3.05) is 51.2 Å². The van der Waals surface area contributed by atoms with Crippen molar-refractivity contribution < 1.29 is 0 Å². The number of rotatable bonds is 4. The molecule has 0 unspecified atom stereocenters. The molecule has 3 fully saturated rings. The van der Waals surface area contributed by atoms with E-state index in [0.717, 1.165) is 18.1 Å². The first-order chi connectivity index (χ1) is 12.3. The molecule has 0 N–H and O–H groups in total. The van der Waals surface area contributed by atoms with Gasteiger partial charge in [0.15, 0.2) is 0 Å². The first kappa shape index (κ1) is 15.6. The molecule has 5 heteroatoms. The summed E-state index contributed by atoms with van der Waals surface area (Å²) in [6, 6.07) is 7.00. The highest BCUT2D eigenvalue weighted by Crippen LogP contribution is 2.34.